The molecule has 178 valence electrons. The lowest BCUT2D eigenvalue weighted by Crippen LogP contribution is -2.48. The van der Waals surface area contributed by atoms with Gasteiger partial charge in [0, 0.05) is 25.6 Å². The highest BCUT2D eigenvalue weighted by Crippen LogP contribution is 2.39. The van der Waals surface area contributed by atoms with Crippen LogP contribution in [-0.2, 0) is 20.9 Å². The van der Waals surface area contributed by atoms with E-state index < -0.39 is 5.76 Å². The van der Waals surface area contributed by atoms with E-state index in [4.69, 9.17) is 9.15 Å². The van der Waals surface area contributed by atoms with Crippen LogP contribution in [-0.4, -0.2) is 52.6 Å². The first-order valence-electron chi connectivity index (χ1n) is 12.3. The molecule has 8 heteroatoms. The summed E-state index contributed by atoms with van der Waals surface area (Å²) >= 11 is 0. The van der Waals surface area contributed by atoms with E-state index in [2.05, 4.69) is 5.32 Å². The molecule has 0 bridgehead atoms. The van der Waals surface area contributed by atoms with Crippen molar-refractivity contribution in [3.8, 4) is 0 Å². The van der Waals surface area contributed by atoms with Crippen molar-refractivity contribution in [2.75, 3.05) is 19.6 Å². The van der Waals surface area contributed by atoms with E-state index in [0.717, 1.165) is 51.4 Å². The SMILES string of the molecule is O=C(NC[C@H]1CCC2(CCN(C(=O)Cn3c(=O)oc4ccccc43)CC2)O1)C1CCCCC1. The van der Waals surface area contributed by atoms with Crippen molar-refractivity contribution in [1.82, 2.24) is 14.8 Å². The largest absolute Gasteiger partial charge is 0.420 e. The van der Waals surface area contributed by atoms with E-state index in [1.54, 1.807) is 18.2 Å². The van der Waals surface area contributed by atoms with Crippen molar-refractivity contribution in [3.05, 3.63) is 34.8 Å². The Morgan fingerprint density at radius 2 is 1.79 bits per heavy atom. The molecular formula is C25H33N3O5. The number of benzene rings is 1. The maximum Gasteiger partial charge on any atom is 0.420 e. The Kier molecular flexibility index (Phi) is 6.27. The fourth-order valence-electron chi connectivity index (χ4n) is 5.69. The quantitative estimate of drug-likeness (QED) is 0.748. The highest BCUT2D eigenvalue weighted by atomic mass is 16.5. The molecule has 2 aliphatic heterocycles. The topological polar surface area (TPSA) is 93.8 Å². The second-order valence-electron chi connectivity index (χ2n) is 9.84. The summed E-state index contributed by atoms with van der Waals surface area (Å²) in [5.41, 5.74) is 0.936. The molecule has 3 fully saturated rings. The Labute approximate surface area is 193 Å². The molecular weight excluding hydrogens is 422 g/mol. The van der Waals surface area contributed by atoms with Gasteiger partial charge in [-0.05, 0) is 50.7 Å². The van der Waals surface area contributed by atoms with Crippen molar-refractivity contribution in [2.24, 2.45) is 5.92 Å². The zero-order chi connectivity index (χ0) is 22.8. The first-order chi connectivity index (χ1) is 16.0. The van der Waals surface area contributed by atoms with Crippen LogP contribution >= 0.6 is 0 Å². The van der Waals surface area contributed by atoms with E-state index in [0.29, 0.717) is 30.7 Å². The minimum Gasteiger partial charge on any atom is -0.408 e. The normalized spacial score (nSPS) is 23.3. The molecule has 3 aliphatic rings. The van der Waals surface area contributed by atoms with Gasteiger partial charge in [-0.3, -0.25) is 14.2 Å². The molecule has 1 atom stereocenters. The first-order valence-corrected chi connectivity index (χ1v) is 12.3. The maximum atomic E-state index is 12.9. The molecule has 2 amide bonds. The highest BCUT2D eigenvalue weighted by Gasteiger charge is 2.43. The fourth-order valence-corrected chi connectivity index (χ4v) is 5.69. The minimum atomic E-state index is -0.504. The van der Waals surface area contributed by atoms with Gasteiger partial charge in [0.2, 0.25) is 11.8 Å². The van der Waals surface area contributed by atoms with E-state index >= 15 is 0 Å². The summed E-state index contributed by atoms with van der Waals surface area (Å²) < 4.78 is 13.1. The zero-order valence-corrected chi connectivity index (χ0v) is 19.1. The van der Waals surface area contributed by atoms with Crippen LogP contribution < -0.4 is 11.1 Å². The predicted octanol–water partition coefficient (Wildman–Crippen LogP) is 2.83. The fraction of sp³-hybridized carbons (Fsp3) is 0.640. The van der Waals surface area contributed by atoms with Crippen molar-refractivity contribution in [3.63, 3.8) is 0 Å². The van der Waals surface area contributed by atoms with E-state index in [-0.39, 0.29) is 36.0 Å². The Morgan fingerprint density at radius 1 is 1.03 bits per heavy atom. The Hall–Kier alpha value is -2.61. The van der Waals surface area contributed by atoms with Crippen molar-refractivity contribution in [2.45, 2.75) is 76.0 Å². The molecule has 0 unspecified atom stereocenters. The van der Waals surface area contributed by atoms with Crippen LogP contribution in [0.15, 0.2) is 33.5 Å². The van der Waals surface area contributed by atoms with E-state index in [9.17, 15) is 14.4 Å². The molecule has 1 aromatic carbocycles. The summed E-state index contributed by atoms with van der Waals surface area (Å²) in [7, 11) is 0. The van der Waals surface area contributed by atoms with E-state index in [1.807, 2.05) is 11.0 Å². The third kappa shape index (κ3) is 4.71. The average Bonchev–Trinajstić information content (AvgIpc) is 3.39. The van der Waals surface area contributed by atoms with Crippen LogP contribution in [0.1, 0.15) is 57.8 Å². The van der Waals surface area contributed by atoms with Crippen LogP contribution in [0.3, 0.4) is 0 Å². The summed E-state index contributed by atoms with van der Waals surface area (Å²) in [6, 6.07) is 7.15. The molecule has 2 aromatic rings. The standard InChI is InChI=1S/C25H33N3O5/c29-22(17-28-20-8-4-5-9-21(20)32-24(28)31)27-14-12-25(13-15-27)11-10-19(33-25)16-26-23(30)18-6-2-1-3-7-18/h4-5,8-9,18-19H,1-3,6-7,10-17H2,(H,26,30)/t19-/m1/s1. The Bertz CT molecular complexity index is 1060. The predicted molar refractivity (Wildman–Crippen MR) is 123 cm³/mol. The number of amides is 2. The van der Waals surface area contributed by atoms with Crippen LogP contribution in [0.25, 0.3) is 11.1 Å². The number of rotatable bonds is 5. The van der Waals surface area contributed by atoms with Crippen molar-refractivity contribution in [1.29, 1.82) is 0 Å². The number of piperidine rings is 1. The molecule has 33 heavy (non-hydrogen) atoms. The number of nitrogens with one attached hydrogen (secondary N) is 1. The molecule has 1 N–H and O–H groups in total. The molecule has 8 nitrogen and oxygen atoms in total. The smallest absolute Gasteiger partial charge is 0.408 e. The van der Waals surface area contributed by atoms with Crippen molar-refractivity contribution >= 4 is 22.9 Å². The third-order valence-corrected chi connectivity index (χ3v) is 7.71. The number of fused-ring (bicyclic) bond motifs is 1. The molecule has 2 saturated heterocycles. The maximum absolute atomic E-state index is 12.9. The second-order valence-corrected chi connectivity index (χ2v) is 9.84. The van der Waals surface area contributed by atoms with Gasteiger partial charge >= 0.3 is 5.76 Å². The number of oxazole rings is 1. The van der Waals surface area contributed by atoms with Gasteiger partial charge < -0.3 is 19.4 Å². The van der Waals surface area contributed by atoms with Gasteiger partial charge in [0.1, 0.15) is 6.54 Å². The van der Waals surface area contributed by atoms with Gasteiger partial charge in [0.25, 0.3) is 0 Å². The minimum absolute atomic E-state index is 0.0144. The van der Waals surface area contributed by atoms with Crippen LogP contribution in [0.2, 0.25) is 0 Å². The molecule has 5 rings (SSSR count). The Morgan fingerprint density at radius 3 is 2.58 bits per heavy atom. The summed E-state index contributed by atoms with van der Waals surface area (Å²) in [5, 5.41) is 3.12. The number of hydrogen-bond donors (Lipinski definition) is 1. The van der Waals surface area contributed by atoms with Crippen molar-refractivity contribution < 1.29 is 18.7 Å². The van der Waals surface area contributed by atoms with Crippen LogP contribution in [0.5, 0.6) is 0 Å². The number of ether oxygens (including phenoxy) is 1. The second kappa shape index (κ2) is 9.33. The number of para-hydroxylation sites is 2. The molecule has 3 heterocycles. The van der Waals surface area contributed by atoms with Gasteiger partial charge in [0.05, 0.1) is 17.2 Å². The number of hydrogen-bond acceptors (Lipinski definition) is 5. The monoisotopic (exact) mass is 455 g/mol. The first kappa shape index (κ1) is 22.2. The van der Waals surface area contributed by atoms with Gasteiger partial charge in [-0.1, -0.05) is 31.4 Å². The Balaban J connectivity index is 1.11. The molecule has 1 aromatic heterocycles. The summed E-state index contributed by atoms with van der Waals surface area (Å²) in [5.74, 6) is -0.229. The zero-order valence-electron chi connectivity index (χ0n) is 19.1. The van der Waals surface area contributed by atoms with E-state index in [1.165, 1.54) is 11.0 Å². The lowest BCUT2D eigenvalue weighted by molar-refractivity contribution is -0.139. The lowest BCUT2D eigenvalue weighted by Gasteiger charge is -2.39. The van der Waals surface area contributed by atoms with Crippen LogP contribution in [0, 0.1) is 5.92 Å². The molecule has 1 aliphatic carbocycles. The number of nitrogens with zero attached hydrogens (tertiary/aromatic N) is 2. The van der Waals surface area contributed by atoms with Gasteiger partial charge in [-0.25, -0.2) is 4.79 Å². The molecule has 1 saturated carbocycles. The average molecular weight is 456 g/mol. The summed E-state index contributed by atoms with van der Waals surface area (Å²) in [6.45, 7) is 1.80. The number of carbonyl (C=O) groups excluding carboxylic acids is 2. The van der Waals surface area contributed by atoms with Gasteiger partial charge in [-0.2, -0.15) is 0 Å². The number of likely N-dealkylation sites (tertiary alicyclic amines) is 1. The molecule has 0 radical (unpaired) electrons. The highest BCUT2D eigenvalue weighted by molar-refractivity contribution is 5.80. The number of carbonyl (C=O) groups is 2. The van der Waals surface area contributed by atoms with Gasteiger partial charge in [-0.15, -0.1) is 0 Å². The third-order valence-electron chi connectivity index (χ3n) is 7.71. The molecule has 1 spiro atoms. The number of aromatic nitrogens is 1. The van der Waals surface area contributed by atoms with Gasteiger partial charge in [0.15, 0.2) is 5.58 Å². The van der Waals surface area contributed by atoms with Crippen LogP contribution in [0.4, 0.5) is 0 Å². The summed E-state index contributed by atoms with van der Waals surface area (Å²) in [4.78, 5) is 39.3. The summed E-state index contributed by atoms with van der Waals surface area (Å²) in [6.07, 6.45) is 9.09. The lowest BCUT2D eigenvalue weighted by atomic mass is 9.88.